The minimum atomic E-state index is -2.66. The van der Waals surface area contributed by atoms with Gasteiger partial charge in [0.25, 0.3) is 0 Å². The highest BCUT2D eigenvalue weighted by molar-refractivity contribution is 5.69. The first-order chi connectivity index (χ1) is 13.9. The summed E-state index contributed by atoms with van der Waals surface area (Å²) >= 11 is 0. The molecule has 166 valence electrons. The van der Waals surface area contributed by atoms with Crippen LogP contribution in [0, 0.1) is 0 Å². The van der Waals surface area contributed by atoms with Gasteiger partial charge in [0.15, 0.2) is 12.2 Å². The predicted molar refractivity (Wildman–Crippen MR) is 91.8 cm³/mol. The zero-order chi connectivity index (χ0) is 23.1. The van der Waals surface area contributed by atoms with Gasteiger partial charge in [0.2, 0.25) is 6.10 Å². The van der Waals surface area contributed by atoms with Crippen molar-refractivity contribution in [3.63, 3.8) is 0 Å². The summed E-state index contributed by atoms with van der Waals surface area (Å²) in [6.07, 6.45) is -6.46. The first kappa shape index (κ1) is 24.7. The molecule has 1 aliphatic rings. The minimum absolute atomic E-state index is 0.582. The highest BCUT2D eigenvalue weighted by Crippen LogP contribution is 2.38. The van der Waals surface area contributed by atoms with Crippen LogP contribution < -0.4 is 0 Å². The molecule has 14 heteroatoms. The molecule has 0 amide bonds. The van der Waals surface area contributed by atoms with E-state index in [0.29, 0.717) is 0 Å². The van der Waals surface area contributed by atoms with Crippen LogP contribution in [0.3, 0.4) is 0 Å². The number of esters is 5. The van der Waals surface area contributed by atoms with Crippen LogP contribution in [0.15, 0.2) is 5.11 Å². The summed E-state index contributed by atoms with van der Waals surface area (Å²) in [5.41, 5.74) is 9.00. The van der Waals surface area contributed by atoms with E-state index in [-0.39, 0.29) is 0 Å². The first-order valence-electron chi connectivity index (χ1n) is 8.50. The average molecular weight is 431 g/mol. The smallest absolute Gasteiger partial charge is 0.335 e. The Morgan fingerprint density at radius 2 is 1.40 bits per heavy atom. The molecule has 0 bridgehead atoms. The quantitative estimate of drug-likeness (QED) is 0.177. The Balaban J connectivity index is 3.65. The fourth-order valence-electron chi connectivity index (χ4n) is 2.70. The molecule has 1 aliphatic heterocycles. The van der Waals surface area contributed by atoms with E-state index in [4.69, 9.17) is 34.0 Å². The Morgan fingerprint density at radius 3 is 1.83 bits per heavy atom. The zero-order valence-electron chi connectivity index (χ0n) is 16.8. The third kappa shape index (κ3) is 6.60. The molecule has 0 radical (unpaired) electrons. The topological polar surface area (TPSA) is 189 Å². The standard InChI is InChI=1S/C16H21N3O11/c1-7(20)25-6-12-13(26-8(2)21)14(27-9(3)22)15(28-10(4)23)16(30-12,18-19-17)29-11(5)24/h12-15H,6H2,1-5H3/t12?,13-,14+,15?,16-/m1/s1. The molecule has 0 aliphatic carbocycles. The fraction of sp³-hybridized carbons (Fsp3) is 0.688. The number of ether oxygens (including phenoxy) is 6. The monoisotopic (exact) mass is 431 g/mol. The van der Waals surface area contributed by atoms with Gasteiger partial charge in [-0.1, -0.05) is 0 Å². The molecule has 0 aromatic heterocycles. The molecule has 2 unspecified atom stereocenters. The van der Waals surface area contributed by atoms with Crippen LogP contribution in [0.25, 0.3) is 10.4 Å². The van der Waals surface area contributed by atoms with Crippen LogP contribution in [0.5, 0.6) is 0 Å². The maximum absolute atomic E-state index is 11.7. The molecule has 30 heavy (non-hydrogen) atoms. The molecule has 0 spiro atoms. The van der Waals surface area contributed by atoms with E-state index in [9.17, 15) is 24.0 Å². The molecule has 0 N–H and O–H groups in total. The van der Waals surface area contributed by atoms with E-state index in [0.717, 1.165) is 34.6 Å². The maximum Gasteiger partial charge on any atom is 0.335 e. The molecule has 1 rings (SSSR count). The summed E-state index contributed by atoms with van der Waals surface area (Å²) in [7, 11) is 0. The normalized spacial score (nSPS) is 27.6. The van der Waals surface area contributed by atoms with Crippen LogP contribution in [0.4, 0.5) is 0 Å². The molecular weight excluding hydrogens is 410 g/mol. The van der Waals surface area contributed by atoms with Gasteiger partial charge in [0.05, 0.1) is 0 Å². The van der Waals surface area contributed by atoms with Gasteiger partial charge < -0.3 is 28.4 Å². The van der Waals surface area contributed by atoms with Crippen molar-refractivity contribution in [2.24, 2.45) is 5.11 Å². The van der Waals surface area contributed by atoms with E-state index < -0.39 is 66.8 Å². The molecule has 0 aromatic carbocycles. The lowest BCUT2D eigenvalue weighted by Crippen LogP contribution is -2.68. The highest BCUT2D eigenvalue weighted by atomic mass is 16.8. The summed E-state index contributed by atoms with van der Waals surface area (Å²) in [6.45, 7) is 4.47. The van der Waals surface area contributed by atoms with Crippen molar-refractivity contribution in [1.29, 1.82) is 0 Å². The van der Waals surface area contributed by atoms with Gasteiger partial charge in [-0.3, -0.25) is 24.0 Å². The molecule has 0 aromatic rings. The Morgan fingerprint density at radius 1 is 0.867 bits per heavy atom. The van der Waals surface area contributed by atoms with E-state index in [1.54, 1.807) is 0 Å². The fourth-order valence-corrected chi connectivity index (χ4v) is 2.70. The van der Waals surface area contributed by atoms with Gasteiger partial charge >= 0.3 is 35.8 Å². The number of azide groups is 1. The molecule has 0 saturated carbocycles. The predicted octanol–water partition coefficient (Wildman–Crippen LogP) is 0.271. The minimum Gasteiger partial charge on any atom is -0.463 e. The second kappa shape index (κ2) is 10.4. The van der Waals surface area contributed by atoms with Crippen LogP contribution in [-0.2, 0) is 52.4 Å². The Hall–Kier alpha value is -3.38. The molecule has 1 fully saturated rings. The van der Waals surface area contributed by atoms with Crippen molar-refractivity contribution < 1.29 is 52.4 Å². The van der Waals surface area contributed by atoms with Gasteiger partial charge in [-0.05, 0) is 10.6 Å². The molecule has 14 nitrogen and oxygen atoms in total. The van der Waals surface area contributed by atoms with Gasteiger partial charge in [-0.2, -0.15) is 0 Å². The second-order valence-corrected chi connectivity index (χ2v) is 6.05. The molecule has 5 atom stereocenters. The van der Waals surface area contributed by atoms with Crippen molar-refractivity contribution >= 4 is 29.8 Å². The van der Waals surface area contributed by atoms with Crippen LogP contribution >= 0.6 is 0 Å². The largest absolute Gasteiger partial charge is 0.463 e. The van der Waals surface area contributed by atoms with Crippen molar-refractivity contribution in [2.45, 2.75) is 64.9 Å². The third-order valence-electron chi connectivity index (χ3n) is 3.49. The van der Waals surface area contributed by atoms with Crippen molar-refractivity contribution in [3.8, 4) is 0 Å². The van der Waals surface area contributed by atoms with Crippen molar-refractivity contribution in [1.82, 2.24) is 0 Å². The number of hydrogen-bond acceptors (Lipinski definition) is 12. The maximum atomic E-state index is 11.7. The van der Waals surface area contributed by atoms with E-state index in [2.05, 4.69) is 10.0 Å². The van der Waals surface area contributed by atoms with Crippen LogP contribution in [-0.4, -0.2) is 66.8 Å². The highest BCUT2D eigenvalue weighted by Gasteiger charge is 2.62. The SMILES string of the molecule is CC(=O)OCC1O[C@](N=[N+]=[N-])(OC(C)=O)C(OC(C)=O)[C@@H](OC(C)=O)[C@@H]1OC(C)=O. The van der Waals surface area contributed by atoms with E-state index in [1.807, 2.05) is 0 Å². The number of carbonyl (C=O) groups is 5. The molecular formula is C16H21N3O11. The van der Waals surface area contributed by atoms with E-state index in [1.165, 1.54) is 0 Å². The summed E-state index contributed by atoms with van der Waals surface area (Å²) in [4.78, 5) is 60.5. The van der Waals surface area contributed by atoms with Gasteiger partial charge in [-0.25, -0.2) is 0 Å². The number of hydrogen-bond donors (Lipinski definition) is 0. The second-order valence-electron chi connectivity index (χ2n) is 6.05. The zero-order valence-corrected chi connectivity index (χ0v) is 16.8. The van der Waals surface area contributed by atoms with Gasteiger partial charge in [0, 0.05) is 39.5 Å². The summed E-state index contributed by atoms with van der Waals surface area (Å²) in [6, 6.07) is 0. The van der Waals surface area contributed by atoms with Gasteiger partial charge in [0.1, 0.15) is 12.7 Å². The third-order valence-corrected chi connectivity index (χ3v) is 3.49. The van der Waals surface area contributed by atoms with Crippen molar-refractivity contribution in [2.75, 3.05) is 6.61 Å². The Kier molecular flexibility index (Phi) is 8.56. The van der Waals surface area contributed by atoms with Crippen molar-refractivity contribution in [3.05, 3.63) is 10.4 Å². The lowest BCUT2D eigenvalue weighted by Gasteiger charge is -2.47. The lowest BCUT2D eigenvalue weighted by molar-refractivity contribution is -0.351. The number of nitrogens with zero attached hydrogens (tertiary/aromatic N) is 3. The molecule has 1 saturated heterocycles. The van der Waals surface area contributed by atoms with Crippen LogP contribution in [0.1, 0.15) is 34.6 Å². The number of carbonyl (C=O) groups excluding carboxylic acids is 5. The summed E-state index contributed by atoms with van der Waals surface area (Å²) in [5, 5.41) is 3.30. The van der Waals surface area contributed by atoms with Gasteiger partial charge in [-0.15, -0.1) is 0 Å². The first-order valence-corrected chi connectivity index (χ1v) is 8.50. The molecule has 1 heterocycles. The Labute approximate surface area is 170 Å². The average Bonchev–Trinajstić information content (AvgIpc) is 2.57. The summed E-state index contributed by atoms with van der Waals surface area (Å²) < 4.78 is 30.8. The lowest BCUT2D eigenvalue weighted by atomic mass is 9.95. The number of rotatable bonds is 7. The Bertz CT molecular complexity index is 764. The summed E-state index contributed by atoms with van der Waals surface area (Å²) in [5.74, 6) is -7.12. The van der Waals surface area contributed by atoms with Crippen LogP contribution in [0.2, 0.25) is 0 Å². The van der Waals surface area contributed by atoms with E-state index >= 15 is 0 Å².